The van der Waals surface area contributed by atoms with Crippen molar-refractivity contribution in [3.8, 4) is 5.75 Å². The topological polar surface area (TPSA) is 190 Å². The van der Waals surface area contributed by atoms with Crippen LogP contribution in [0.25, 0.3) is 10.8 Å². The van der Waals surface area contributed by atoms with Gasteiger partial charge in [0.1, 0.15) is 16.5 Å². The van der Waals surface area contributed by atoms with Crippen LogP contribution in [0.15, 0.2) is 54.4 Å². The van der Waals surface area contributed by atoms with Crippen LogP contribution in [0.3, 0.4) is 0 Å². The Bertz CT molecular complexity index is 1210. The van der Waals surface area contributed by atoms with Gasteiger partial charge in [0.15, 0.2) is 5.75 Å². The van der Waals surface area contributed by atoms with Crippen LogP contribution in [-0.2, 0) is 52.9 Å². The zero-order chi connectivity index (χ0) is 19.1. The van der Waals surface area contributed by atoms with E-state index in [2.05, 4.69) is 32.1 Å². The van der Waals surface area contributed by atoms with Gasteiger partial charge in [-0.05, 0) is 29.9 Å². The van der Waals surface area contributed by atoms with E-state index >= 15 is 0 Å². The number of azo groups is 1. The molecule has 4 N–H and O–H groups in total. The van der Waals surface area contributed by atoms with E-state index in [-0.39, 0.29) is 55.1 Å². The van der Waals surface area contributed by atoms with Gasteiger partial charge in [0.2, 0.25) is 0 Å². The van der Waals surface area contributed by atoms with Crippen molar-refractivity contribution in [2.45, 2.75) is 9.79 Å². The van der Waals surface area contributed by atoms with E-state index in [1.165, 1.54) is 6.07 Å². The molecule has 15 heteroatoms. The first-order chi connectivity index (χ1) is 12.1. The second-order valence-corrected chi connectivity index (χ2v) is 7.68. The molecule has 0 atom stereocenters. The summed E-state index contributed by atoms with van der Waals surface area (Å²) in [4.78, 5) is 2.11. The average Bonchev–Trinajstić information content (AvgIpc) is 3.04. The van der Waals surface area contributed by atoms with Crippen LogP contribution in [0.4, 0.5) is 5.69 Å². The maximum Gasteiger partial charge on any atom is 0.298 e. The molecule has 2 aromatic rings. The van der Waals surface area contributed by atoms with Gasteiger partial charge >= 0.3 is 0 Å². The number of phenols is 1. The molecular formula is C12H8N5O7S2Y-. The first-order valence-corrected chi connectivity index (χ1v) is 9.40. The van der Waals surface area contributed by atoms with Gasteiger partial charge in [-0.2, -0.15) is 16.8 Å². The number of guanidine groups is 1. The number of aromatic hydroxyl groups is 1. The van der Waals surface area contributed by atoms with Gasteiger partial charge in [-0.25, -0.2) is 10.2 Å². The predicted octanol–water partition coefficient (Wildman–Crippen LogP) is 1.09. The van der Waals surface area contributed by atoms with Crippen LogP contribution in [0, 0.1) is 0 Å². The van der Waals surface area contributed by atoms with Gasteiger partial charge in [-0.1, -0.05) is 6.07 Å². The molecule has 1 heterocycles. The summed E-state index contributed by atoms with van der Waals surface area (Å²) in [6.07, 6.45) is 2.14. The van der Waals surface area contributed by atoms with E-state index < -0.39 is 35.8 Å². The largest absolute Gasteiger partial charge is 0.504 e. The van der Waals surface area contributed by atoms with E-state index in [1.54, 1.807) is 0 Å². The summed E-state index contributed by atoms with van der Waals surface area (Å²) in [5.41, 5.74) is 2.06. The van der Waals surface area contributed by atoms with E-state index in [1.807, 2.05) is 0 Å². The molecule has 0 bridgehead atoms. The summed E-state index contributed by atoms with van der Waals surface area (Å²) in [7, 11) is -9.43. The maximum absolute atomic E-state index is 11.5. The monoisotopic (exact) mass is 487 g/mol. The Morgan fingerprint density at radius 3 is 2.33 bits per heavy atom. The van der Waals surface area contributed by atoms with Crippen molar-refractivity contribution in [1.82, 2.24) is 0 Å². The third kappa shape index (κ3) is 4.53. The van der Waals surface area contributed by atoms with E-state index in [0.717, 1.165) is 18.2 Å². The van der Waals surface area contributed by atoms with Crippen molar-refractivity contribution in [3.05, 3.63) is 24.3 Å². The average molecular weight is 487 g/mol. The standard InChI is InChI=1S/C12H8N5O7S2.Y/c18-11-9(26(22,23)24)4-6-3-7(25(19,20)21)1-2-8(6)10(11)15-17-12-13-5-14-16-12;/h1-4,15,18H,(H,19,20,21)(H,22,23,24);/q-1;. The number of hydrazone groups is 1. The molecular weight excluding hydrogens is 479 g/mol. The smallest absolute Gasteiger partial charge is 0.298 e. The first-order valence-electron chi connectivity index (χ1n) is 6.52. The molecule has 12 nitrogen and oxygen atoms in total. The van der Waals surface area contributed by atoms with Crippen LogP contribution in [0.1, 0.15) is 0 Å². The quantitative estimate of drug-likeness (QED) is 0.213. The Balaban J connectivity index is 0.00000261. The Hall–Kier alpha value is -1.84. The third-order valence-corrected chi connectivity index (χ3v) is 4.94. The molecule has 1 aliphatic rings. The fraction of sp³-hybridized carbons (Fsp3) is 0. The zero-order valence-corrected chi connectivity index (χ0v) is 17.4. The summed E-state index contributed by atoms with van der Waals surface area (Å²) in [5.74, 6) is -1.05. The summed E-state index contributed by atoms with van der Waals surface area (Å²) >= 11 is 0. The molecule has 0 amide bonds. The second kappa shape index (κ2) is 7.65. The van der Waals surface area contributed by atoms with E-state index in [4.69, 9.17) is 4.55 Å². The molecule has 139 valence electrons. The molecule has 1 aliphatic heterocycles. The molecule has 0 spiro atoms. The number of hydrogen-bond acceptors (Lipinski definition) is 8. The SMILES string of the molecule is O=S(=O)(O)c1ccc2c(NN=C3N=[C-]N=N3)c(O)c(S(=O)(=O)O)cc2c1.[Y]. The molecule has 0 aliphatic carbocycles. The van der Waals surface area contributed by atoms with Crippen LogP contribution >= 0.6 is 0 Å². The Kier molecular flexibility index (Phi) is 6.08. The fourth-order valence-electron chi connectivity index (χ4n) is 2.13. The van der Waals surface area contributed by atoms with Crippen molar-refractivity contribution in [2.75, 3.05) is 5.43 Å². The molecule has 0 unspecified atom stereocenters. The van der Waals surface area contributed by atoms with Crippen molar-refractivity contribution < 1.29 is 63.8 Å². The van der Waals surface area contributed by atoms with Crippen LogP contribution < -0.4 is 5.43 Å². The number of anilines is 1. The van der Waals surface area contributed by atoms with Crippen molar-refractivity contribution in [1.29, 1.82) is 0 Å². The second-order valence-electron chi connectivity index (χ2n) is 4.87. The summed E-state index contributed by atoms with van der Waals surface area (Å²) in [6.45, 7) is 0. The van der Waals surface area contributed by atoms with Gasteiger partial charge in [-0.3, -0.25) is 19.6 Å². The molecule has 3 rings (SSSR count). The van der Waals surface area contributed by atoms with E-state index in [0.29, 0.717) is 0 Å². The number of fused-ring (bicyclic) bond motifs is 1. The Morgan fingerprint density at radius 2 is 1.78 bits per heavy atom. The minimum absolute atomic E-state index is 0. The number of nitrogens with one attached hydrogen (secondary N) is 1. The Morgan fingerprint density at radius 1 is 1.07 bits per heavy atom. The van der Waals surface area contributed by atoms with Crippen molar-refractivity contribution in [2.24, 2.45) is 20.3 Å². The van der Waals surface area contributed by atoms with Gasteiger partial charge < -0.3 is 10.1 Å². The van der Waals surface area contributed by atoms with Gasteiger partial charge in [0.05, 0.1) is 4.90 Å². The number of phenolic OH excluding ortho intramolecular Hbond substituents is 1. The van der Waals surface area contributed by atoms with E-state index in [9.17, 15) is 26.5 Å². The summed E-state index contributed by atoms with van der Waals surface area (Å²) in [6, 6.07) is 4.02. The van der Waals surface area contributed by atoms with Gasteiger partial charge in [0, 0.05) is 38.1 Å². The molecule has 0 saturated heterocycles. The van der Waals surface area contributed by atoms with Crippen molar-refractivity contribution in [3.63, 3.8) is 0 Å². The first kappa shape index (κ1) is 21.5. The Labute approximate surface area is 177 Å². The summed E-state index contributed by atoms with van der Waals surface area (Å²) in [5, 5.41) is 20.7. The normalized spacial score (nSPS) is 15.3. The predicted molar refractivity (Wildman–Crippen MR) is 88.6 cm³/mol. The number of rotatable bonds is 4. The minimum atomic E-state index is -4.86. The molecule has 1 radical (unpaired) electrons. The van der Waals surface area contributed by atoms with Crippen molar-refractivity contribution >= 4 is 49.0 Å². The fourth-order valence-corrected chi connectivity index (χ4v) is 3.27. The zero-order valence-electron chi connectivity index (χ0n) is 13.0. The molecule has 27 heavy (non-hydrogen) atoms. The molecule has 0 aromatic heterocycles. The maximum atomic E-state index is 11.5. The molecule has 0 fully saturated rings. The third-order valence-electron chi connectivity index (χ3n) is 3.23. The van der Waals surface area contributed by atoms with Gasteiger partial charge in [0.25, 0.3) is 20.2 Å². The van der Waals surface area contributed by atoms with Crippen LogP contribution in [0.2, 0.25) is 0 Å². The van der Waals surface area contributed by atoms with Gasteiger partial charge in [-0.15, -0.1) is 0 Å². The minimum Gasteiger partial charge on any atom is -0.504 e. The number of hydrogen-bond donors (Lipinski definition) is 4. The molecule has 0 saturated carbocycles. The summed E-state index contributed by atoms with van der Waals surface area (Å²) < 4.78 is 63.9. The van der Waals surface area contributed by atoms with Crippen LogP contribution in [-0.4, -0.2) is 43.3 Å². The number of nitrogens with zero attached hydrogens (tertiary/aromatic N) is 4. The number of benzene rings is 2. The molecule has 2 aromatic carbocycles. The van der Waals surface area contributed by atoms with Crippen LogP contribution in [0.5, 0.6) is 5.75 Å². The number of aliphatic imine (C=N–C) groups is 1.